The summed E-state index contributed by atoms with van der Waals surface area (Å²) in [6.07, 6.45) is 10.4. The molecule has 3 nitrogen and oxygen atoms in total. The summed E-state index contributed by atoms with van der Waals surface area (Å²) in [5.41, 5.74) is 5.52. The number of ether oxygens (including phenoxy) is 1. The highest BCUT2D eigenvalue weighted by Crippen LogP contribution is 2.51. The van der Waals surface area contributed by atoms with Crippen molar-refractivity contribution < 1.29 is 9.53 Å². The molecule has 0 aromatic heterocycles. The molecule has 0 heterocycles. The summed E-state index contributed by atoms with van der Waals surface area (Å²) >= 11 is 6.52. The fourth-order valence-electron chi connectivity index (χ4n) is 4.66. The predicted molar refractivity (Wildman–Crippen MR) is 86.9 cm³/mol. The molecular formula is C18H24ClNO2. The second-order valence-corrected chi connectivity index (χ2v) is 7.49. The first-order chi connectivity index (χ1) is 10.7. The summed E-state index contributed by atoms with van der Waals surface area (Å²) in [5, 5.41) is 3.26. The minimum Gasteiger partial charge on any atom is -0.360 e. The molecule has 4 aliphatic rings. The van der Waals surface area contributed by atoms with Gasteiger partial charge in [0, 0.05) is 6.04 Å². The Hall–Kier alpha value is -0.800. The van der Waals surface area contributed by atoms with Crippen LogP contribution in [-0.2, 0) is 9.53 Å². The third-order valence-electron chi connectivity index (χ3n) is 5.75. The van der Waals surface area contributed by atoms with Gasteiger partial charge in [0.25, 0.3) is 0 Å². The zero-order valence-electron chi connectivity index (χ0n) is 13.0. The Labute approximate surface area is 137 Å². The molecule has 4 bridgehead atoms. The average Bonchev–Trinajstić information content (AvgIpc) is 2.99. The predicted octanol–water partition coefficient (Wildman–Crippen LogP) is 3.62. The van der Waals surface area contributed by atoms with E-state index in [1.165, 1.54) is 41.6 Å². The fraction of sp³-hybridized carbons (Fsp3) is 0.722. The molecular weight excluding hydrogens is 298 g/mol. The molecule has 22 heavy (non-hydrogen) atoms. The van der Waals surface area contributed by atoms with Crippen LogP contribution in [0, 0.1) is 0 Å². The van der Waals surface area contributed by atoms with Gasteiger partial charge in [-0.2, -0.15) is 0 Å². The lowest BCUT2D eigenvalue weighted by atomic mass is 9.95. The highest BCUT2D eigenvalue weighted by Gasteiger charge is 2.43. The molecule has 3 fully saturated rings. The number of alkyl halides is 1. The SMILES string of the molecule is O=C(COC1C2=C3CCC(=C1CC2)C3Cl)NC1CCCCC1. The summed E-state index contributed by atoms with van der Waals surface area (Å²) in [5.74, 6) is 0.0443. The first kappa shape index (κ1) is 14.8. The third-order valence-corrected chi connectivity index (χ3v) is 6.28. The van der Waals surface area contributed by atoms with Crippen LogP contribution in [-0.4, -0.2) is 30.0 Å². The van der Waals surface area contributed by atoms with Crippen molar-refractivity contribution in [1.29, 1.82) is 0 Å². The first-order valence-electron chi connectivity index (χ1n) is 8.72. The lowest BCUT2D eigenvalue weighted by Gasteiger charge is -2.26. The number of halogens is 1. The number of carbonyl (C=O) groups excluding carboxylic acids is 1. The van der Waals surface area contributed by atoms with Crippen LogP contribution in [0.5, 0.6) is 0 Å². The van der Waals surface area contributed by atoms with Gasteiger partial charge in [0.05, 0.1) is 5.38 Å². The van der Waals surface area contributed by atoms with Gasteiger partial charge in [0.1, 0.15) is 12.7 Å². The Balaban J connectivity index is 1.36. The molecule has 0 saturated heterocycles. The van der Waals surface area contributed by atoms with Crippen molar-refractivity contribution in [3.8, 4) is 0 Å². The smallest absolute Gasteiger partial charge is 0.246 e. The number of carbonyl (C=O) groups is 1. The van der Waals surface area contributed by atoms with Crippen LogP contribution in [0.1, 0.15) is 57.8 Å². The van der Waals surface area contributed by atoms with Gasteiger partial charge in [-0.25, -0.2) is 0 Å². The molecule has 4 rings (SSSR count). The Morgan fingerprint density at radius 1 is 1.00 bits per heavy atom. The van der Waals surface area contributed by atoms with E-state index >= 15 is 0 Å². The number of rotatable bonds is 4. The van der Waals surface area contributed by atoms with E-state index < -0.39 is 0 Å². The van der Waals surface area contributed by atoms with E-state index in [0.717, 1.165) is 38.5 Å². The normalized spacial score (nSPS) is 31.1. The minimum atomic E-state index is 0.0443. The molecule has 1 N–H and O–H groups in total. The Morgan fingerprint density at radius 3 is 2.23 bits per heavy atom. The molecule has 0 spiro atoms. The van der Waals surface area contributed by atoms with Gasteiger partial charge in [-0.15, -0.1) is 11.6 Å². The van der Waals surface area contributed by atoms with Crippen molar-refractivity contribution in [3.63, 3.8) is 0 Å². The van der Waals surface area contributed by atoms with E-state index in [1.54, 1.807) is 0 Å². The molecule has 0 aromatic rings. The van der Waals surface area contributed by atoms with Crippen molar-refractivity contribution in [2.24, 2.45) is 0 Å². The topological polar surface area (TPSA) is 38.3 Å². The summed E-state index contributed by atoms with van der Waals surface area (Å²) in [6, 6.07) is 0.361. The van der Waals surface area contributed by atoms with Gasteiger partial charge in [-0.1, -0.05) is 19.3 Å². The van der Waals surface area contributed by atoms with Crippen molar-refractivity contribution >= 4 is 17.5 Å². The zero-order valence-corrected chi connectivity index (χ0v) is 13.8. The van der Waals surface area contributed by atoms with Crippen LogP contribution >= 0.6 is 11.6 Å². The van der Waals surface area contributed by atoms with Gasteiger partial charge in [-0.3, -0.25) is 4.79 Å². The van der Waals surface area contributed by atoms with Crippen molar-refractivity contribution in [1.82, 2.24) is 5.32 Å². The molecule has 1 amide bonds. The highest BCUT2D eigenvalue weighted by molar-refractivity contribution is 6.25. The largest absolute Gasteiger partial charge is 0.360 e. The molecule has 0 atom stereocenters. The standard InChI is InChI=1S/C18H24ClNO2/c19-17-12-6-7-13(17)15-9-8-14(12)18(15)22-10-16(21)20-11-4-2-1-3-5-11/h11,17-18H,1-10H2,(H,20,21). The quantitative estimate of drug-likeness (QED) is 0.634. The molecule has 0 aromatic carbocycles. The summed E-state index contributed by atoms with van der Waals surface area (Å²) in [6.45, 7) is 0.182. The van der Waals surface area contributed by atoms with E-state index in [1.807, 2.05) is 0 Å². The van der Waals surface area contributed by atoms with Crippen LogP contribution in [0.15, 0.2) is 22.3 Å². The first-order valence-corrected chi connectivity index (χ1v) is 9.16. The van der Waals surface area contributed by atoms with Gasteiger partial charge in [-0.05, 0) is 60.8 Å². The van der Waals surface area contributed by atoms with Gasteiger partial charge >= 0.3 is 0 Å². The summed E-state index contributed by atoms with van der Waals surface area (Å²) in [4.78, 5) is 12.1. The molecule has 120 valence electrons. The lowest BCUT2D eigenvalue weighted by Crippen LogP contribution is -2.39. The van der Waals surface area contributed by atoms with Crippen LogP contribution in [0.3, 0.4) is 0 Å². The van der Waals surface area contributed by atoms with E-state index in [2.05, 4.69) is 5.32 Å². The maximum Gasteiger partial charge on any atom is 0.246 e. The monoisotopic (exact) mass is 321 g/mol. The molecule has 4 aliphatic carbocycles. The molecule has 3 saturated carbocycles. The van der Waals surface area contributed by atoms with E-state index in [9.17, 15) is 4.79 Å². The van der Waals surface area contributed by atoms with Gasteiger partial charge in [0.15, 0.2) is 0 Å². The second-order valence-electron chi connectivity index (χ2n) is 7.06. The maximum absolute atomic E-state index is 12.1. The van der Waals surface area contributed by atoms with Crippen molar-refractivity contribution in [2.75, 3.05) is 6.61 Å². The van der Waals surface area contributed by atoms with Gasteiger partial charge in [0.2, 0.25) is 5.91 Å². The molecule has 0 aliphatic heterocycles. The Bertz CT molecular complexity index is 515. The number of hydrogen-bond acceptors (Lipinski definition) is 2. The van der Waals surface area contributed by atoms with E-state index in [4.69, 9.17) is 16.3 Å². The number of hydrogen-bond donors (Lipinski definition) is 1. The fourth-order valence-corrected chi connectivity index (χ4v) is 5.15. The van der Waals surface area contributed by atoms with Crippen LogP contribution < -0.4 is 5.32 Å². The van der Waals surface area contributed by atoms with E-state index in [0.29, 0.717) is 6.04 Å². The number of fused-ring (bicyclic) bond motifs is 4. The van der Waals surface area contributed by atoms with Crippen LogP contribution in [0.4, 0.5) is 0 Å². The van der Waals surface area contributed by atoms with Crippen molar-refractivity contribution in [2.45, 2.75) is 75.3 Å². The third kappa shape index (κ3) is 2.52. The summed E-state index contributed by atoms with van der Waals surface area (Å²) in [7, 11) is 0. The summed E-state index contributed by atoms with van der Waals surface area (Å²) < 4.78 is 6.02. The van der Waals surface area contributed by atoms with Crippen LogP contribution in [0.2, 0.25) is 0 Å². The average molecular weight is 322 g/mol. The van der Waals surface area contributed by atoms with Crippen molar-refractivity contribution in [3.05, 3.63) is 22.3 Å². The van der Waals surface area contributed by atoms with Crippen LogP contribution in [0.25, 0.3) is 0 Å². The maximum atomic E-state index is 12.1. The number of allylic oxidation sites excluding steroid dienone is 2. The highest BCUT2D eigenvalue weighted by atomic mass is 35.5. The zero-order chi connectivity index (χ0) is 15.1. The molecule has 0 unspecified atom stereocenters. The number of amides is 1. The Morgan fingerprint density at radius 2 is 1.59 bits per heavy atom. The second kappa shape index (κ2) is 6.01. The minimum absolute atomic E-state index is 0.0443. The lowest BCUT2D eigenvalue weighted by molar-refractivity contribution is -0.127. The molecule has 0 radical (unpaired) electrons. The Kier molecular flexibility index (Phi) is 4.04. The van der Waals surface area contributed by atoms with E-state index in [-0.39, 0.29) is 24.0 Å². The molecule has 4 heteroatoms. The van der Waals surface area contributed by atoms with Gasteiger partial charge < -0.3 is 10.1 Å². The number of nitrogens with one attached hydrogen (secondary N) is 1.